The molecule has 1 aliphatic heterocycles. The van der Waals surface area contributed by atoms with E-state index in [0.717, 1.165) is 63.8 Å². The molecule has 20 heavy (non-hydrogen) atoms. The number of hydrogen-bond acceptors (Lipinski definition) is 4. The molecule has 0 aromatic carbocycles. The van der Waals surface area contributed by atoms with Gasteiger partial charge in [0.25, 0.3) is 0 Å². The molecule has 114 valence electrons. The molecule has 0 bridgehead atoms. The lowest BCUT2D eigenvalue weighted by molar-refractivity contribution is 0.112. The number of rotatable bonds is 6. The largest absolute Gasteiger partial charge is 0.465 e. The van der Waals surface area contributed by atoms with E-state index in [2.05, 4.69) is 43.0 Å². The molecular weight excluding hydrogens is 252 g/mol. The van der Waals surface area contributed by atoms with Crippen molar-refractivity contribution in [3.05, 3.63) is 23.7 Å². The summed E-state index contributed by atoms with van der Waals surface area (Å²) in [5, 5.41) is 0. The first-order chi connectivity index (χ1) is 9.67. The molecule has 1 aromatic rings. The van der Waals surface area contributed by atoms with Gasteiger partial charge in [-0.2, -0.15) is 0 Å². The van der Waals surface area contributed by atoms with Gasteiger partial charge in [-0.3, -0.25) is 4.90 Å². The molecular formula is C16H28N2O2. The Morgan fingerprint density at radius 1 is 1.30 bits per heavy atom. The van der Waals surface area contributed by atoms with Crippen molar-refractivity contribution in [1.82, 2.24) is 9.80 Å². The zero-order chi connectivity index (χ0) is 14.4. The van der Waals surface area contributed by atoms with Crippen molar-refractivity contribution in [3.63, 3.8) is 0 Å². The van der Waals surface area contributed by atoms with E-state index in [1.165, 1.54) is 0 Å². The van der Waals surface area contributed by atoms with Gasteiger partial charge in [0.2, 0.25) is 0 Å². The number of ether oxygens (including phenoxy) is 1. The molecule has 1 saturated heterocycles. The third-order valence-corrected chi connectivity index (χ3v) is 3.64. The van der Waals surface area contributed by atoms with Crippen molar-refractivity contribution in [1.29, 1.82) is 0 Å². The van der Waals surface area contributed by atoms with Gasteiger partial charge in [0.1, 0.15) is 11.5 Å². The second-order valence-electron chi connectivity index (χ2n) is 6.06. The van der Waals surface area contributed by atoms with Crippen LogP contribution >= 0.6 is 0 Å². The van der Waals surface area contributed by atoms with Gasteiger partial charge in [-0.05, 0) is 32.6 Å². The summed E-state index contributed by atoms with van der Waals surface area (Å²) >= 11 is 0. The third-order valence-electron chi connectivity index (χ3n) is 3.64. The van der Waals surface area contributed by atoms with Crippen LogP contribution < -0.4 is 0 Å². The minimum absolute atomic E-state index is 0.581. The van der Waals surface area contributed by atoms with Gasteiger partial charge in [0.15, 0.2) is 0 Å². The van der Waals surface area contributed by atoms with E-state index in [-0.39, 0.29) is 0 Å². The number of aryl methyl sites for hydroxylation is 1. The highest BCUT2D eigenvalue weighted by Gasteiger charge is 2.20. The van der Waals surface area contributed by atoms with Gasteiger partial charge >= 0.3 is 0 Å². The monoisotopic (exact) mass is 280 g/mol. The maximum Gasteiger partial charge on any atom is 0.118 e. The zero-order valence-electron chi connectivity index (χ0n) is 13.1. The molecule has 1 atom stereocenters. The van der Waals surface area contributed by atoms with Gasteiger partial charge < -0.3 is 14.1 Å². The lowest BCUT2D eigenvalue weighted by Crippen LogP contribution is -2.34. The van der Waals surface area contributed by atoms with Gasteiger partial charge in [-0.1, -0.05) is 6.92 Å². The fourth-order valence-electron chi connectivity index (χ4n) is 2.83. The molecule has 2 rings (SSSR count). The van der Waals surface area contributed by atoms with Crippen molar-refractivity contribution in [2.75, 3.05) is 46.9 Å². The van der Waals surface area contributed by atoms with Gasteiger partial charge in [0, 0.05) is 32.0 Å². The van der Waals surface area contributed by atoms with Crippen LogP contribution in [-0.4, -0.2) is 56.7 Å². The predicted octanol–water partition coefficient (Wildman–Crippen LogP) is 2.24. The lowest BCUT2D eigenvalue weighted by Gasteiger charge is -2.24. The van der Waals surface area contributed by atoms with Crippen LogP contribution in [0.1, 0.15) is 24.9 Å². The molecule has 0 radical (unpaired) electrons. The Morgan fingerprint density at radius 3 is 2.85 bits per heavy atom. The highest BCUT2D eigenvalue weighted by molar-refractivity contribution is 5.07. The summed E-state index contributed by atoms with van der Waals surface area (Å²) in [6.07, 6.45) is 2.17. The van der Waals surface area contributed by atoms with Crippen LogP contribution in [0, 0.1) is 5.92 Å². The van der Waals surface area contributed by atoms with Crippen molar-refractivity contribution in [2.45, 2.75) is 26.3 Å². The van der Waals surface area contributed by atoms with Crippen molar-refractivity contribution < 1.29 is 9.15 Å². The Labute approximate surface area is 122 Å². The smallest absolute Gasteiger partial charge is 0.118 e. The maximum absolute atomic E-state index is 5.89. The summed E-state index contributed by atoms with van der Waals surface area (Å²) in [4.78, 5) is 4.69. The SMILES string of the molecule is CCCc1ccc(CN2CCOCC(CN(C)C)C2)o1. The molecule has 0 N–H and O–H groups in total. The van der Waals surface area contributed by atoms with E-state index in [4.69, 9.17) is 9.15 Å². The van der Waals surface area contributed by atoms with Crippen LogP contribution in [0.5, 0.6) is 0 Å². The summed E-state index contributed by atoms with van der Waals surface area (Å²) in [5.74, 6) is 2.77. The molecule has 1 unspecified atom stereocenters. The molecule has 1 fully saturated rings. The fourth-order valence-corrected chi connectivity index (χ4v) is 2.83. The van der Waals surface area contributed by atoms with Crippen LogP contribution in [0.4, 0.5) is 0 Å². The van der Waals surface area contributed by atoms with E-state index in [1.807, 2.05) is 0 Å². The summed E-state index contributed by atoms with van der Waals surface area (Å²) in [5.41, 5.74) is 0. The van der Waals surface area contributed by atoms with Crippen molar-refractivity contribution in [3.8, 4) is 0 Å². The average Bonchev–Trinajstić information content (AvgIpc) is 2.69. The average molecular weight is 280 g/mol. The Balaban J connectivity index is 1.89. The second-order valence-corrected chi connectivity index (χ2v) is 6.06. The quantitative estimate of drug-likeness (QED) is 0.799. The lowest BCUT2D eigenvalue weighted by atomic mass is 10.1. The van der Waals surface area contributed by atoms with E-state index < -0.39 is 0 Å². The first-order valence-corrected chi connectivity index (χ1v) is 7.69. The van der Waals surface area contributed by atoms with E-state index >= 15 is 0 Å². The Morgan fingerprint density at radius 2 is 2.10 bits per heavy atom. The van der Waals surface area contributed by atoms with Gasteiger partial charge in [0.05, 0.1) is 19.8 Å². The van der Waals surface area contributed by atoms with E-state index in [1.54, 1.807) is 0 Å². The van der Waals surface area contributed by atoms with Crippen LogP contribution in [0.15, 0.2) is 16.5 Å². The summed E-state index contributed by atoms with van der Waals surface area (Å²) in [7, 11) is 4.25. The molecule has 4 nitrogen and oxygen atoms in total. The molecule has 4 heteroatoms. The highest BCUT2D eigenvalue weighted by Crippen LogP contribution is 2.15. The molecule has 0 aliphatic carbocycles. The Hall–Kier alpha value is -0.840. The molecule has 1 aromatic heterocycles. The first kappa shape index (κ1) is 15.5. The van der Waals surface area contributed by atoms with Gasteiger partial charge in [-0.15, -0.1) is 0 Å². The second kappa shape index (κ2) is 7.81. The minimum atomic E-state index is 0.581. The Kier molecular flexibility index (Phi) is 6.07. The topological polar surface area (TPSA) is 28.9 Å². The standard InChI is InChI=1S/C16H28N2O2/c1-4-5-15-6-7-16(20-15)12-18-8-9-19-13-14(11-18)10-17(2)3/h6-7,14H,4-5,8-13H2,1-3H3. The van der Waals surface area contributed by atoms with E-state index in [0.29, 0.717) is 5.92 Å². The van der Waals surface area contributed by atoms with Gasteiger partial charge in [-0.25, -0.2) is 0 Å². The predicted molar refractivity (Wildman–Crippen MR) is 80.8 cm³/mol. The fraction of sp³-hybridized carbons (Fsp3) is 0.750. The normalized spacial score (nSPS) is 21.3. The maximum atomic E-state index is 5.89. The first-order valence-electron chi connectivity index (χ1n) is 7.69. The van der Waals surface area contributed by atoms with Crippen LogP contribution in [0.3, 0.4) is 0 Å². The molecule has 0 amide bonds. The molecule has 0 saturated carbocycles. The highest BCUT2D eigenvalue weighted by atomic mass is 16.5. The number of furan rings is 1. The van der Waals surface area contributed by atoms with E-state index in [9.17, 15) is 0 Å². The van der Waals surface area contributed by atoms with Crippen LogP contribution in [0.25, 0.3) is 0 Å². The van der Waals surface area contributed by atoms with Crippen molar-refractivity contribution in [2.24, 2.45) is 5.92 Å². The third kappa shape index (κ3) is 4.93. The summed E-state index contributed by atoms with van der Waals surface area (Å²) in [6, 6.07) is 4.24. The number of nitrogens with zero attached hydrogens (tertiary/aromatic N) is 2. The Bertz CT molecular complexity index is 390. The summed E-state index contributed by atoms with van der Waals surface area (Å²) < 4.78 is 11.6. The van der Waals surface area contributed by atoms with Crippen LogP contribution in [-0.2, 0) is 17.7 Å². The van der Waals surface area contributed by atoms with Crippen LogP contribution in [0.2, 0.25) is 0 Å². The number of hydrogen-bond donors (Lipinski definition) is 0. The minimum Gasteiger partial charge on any atom is -0.465 e. The zero-order valence-corrected chi connectivity index (χ0v) is 13.1. The molecule has 2 heterocycles. The molecule has 0 spiro atoms. The summed E-state index contributed by atoms with van der Waals surface area (Å²) in [6.45, 7) is 7.93. The molecule has 1 aliphatic rings. The van der Waals surface area contributed by atoms with Crippen molar-refractivity contribution >= 4 is 0 Å².